The lowest BCUT2D eigenvalue weighted by atomic mass is 9.87. The first-order valence-corrected chi connectivity index (χ1v) is 8.46. The summed E-state index contributed by atoms with van der Waals surface area (Å²) in [5, 5.41) is 9.33. The number of allylic oxidation sites excluding steroid dienone is 1. The lowest BCUT2D eigenvalue weighted by Gasteiger charge is -2.18. The summed E-state index contributed by atoms with van der Waals surface area (Å²) in [6, 6.07) is 13.7. The van der Waals surface area contributed by atoms with Gasteiger partial charge in [-0.25, -0.2) is 4.79 Å². The molecule has 0 aromatic heterocycles. The minimum Gasteiger partial charge on any atom is -0.478 e. The highest BCUT2D eigenvalue weighted by Gasteiger charge is 2.12. The number of aromatic carboxylic acids is 1. The summed E-state index contributed by atoms with van der Waals surface area (Å²) in [6.45, 7) is 10.9. The van der Waals surface area contributed by atoms with Crippen LogP contribution in [0.4, 0.5) is 0 Å². The predicted molar refractivity (Wildman–Crippen MR) is 102 cm³/mol. The van der Waals surface area contributed by atoms with Crippen LogP contribution in [-0.2, 0) is 0 Å². The second-order valence-corrected chi connectivity index (χ2v) is 6.87. The van der Waals surface area contributed by atoms with E-state index >= 15 is 0 Å². The molecule has 2 heteroatoms. The fourth-order valence-electron chi connectivity index (χ4n) is 2.98. The number of carboxylic acid groups (broad SMARTS) is 1. The van der Waals surface area contributed by atoms with E-state index in [1.165, 1.54) is 11.1 Å². The third kappa shape index (κ3) is 3.94. The maximum absolute atomic E-state index is 11.4. The van der Waals surface area contributed by atoms with Gasteiger partial charge in [0.15, 0.2) is 0 Å². The van der Waals surface area contributed by atoms with Crippen molar-refractivity contribution in [3.05, 3.63) is 70.3 Å². The molecule has 0 amide bonds. The van der Waals surface area contributed by atoms with Crippen molar-refractivity contribution in [3.63, 3.8) is 0 Å². The first kappa shape index (κ1) is 18.0. The number of hydrogen-bond acceptors (Lipinski definition) is 1. The molecule has 1 N–H and O–H groups in total. The molecule has 0 unspecified atom stereocenters. The maximum atomic E-state index is 11.4. The van der Waals surface area contributed by atoms with Gasteiger partial charge in [0, 0.05) is 0 Å². The summed E-state index contributed by atoms with van der Waals surface area (Å²) in [5.41, 5.74) is 6.03. The second-order valence-electron chi connectivity index (χ2n) is 6.87. The van der Waals surface area contributed by atoms with Gasteiger partial charge in [0.1, 0.15) is 0 Å². The Morgan fingerprint density at radius 1 is 0.958 bits per heavy atom. The van der Waals surface area contributed by atoms with Crippen LogP contribution in [0.15, 0.2) is 42.5 Å². The van der Waals surface area contributed by atoms with E-state index < -0.39 is 5.97 Å². The van der Waals surface area contributed by atoms with Crippen LogP contribution in [0.3, 0.4) is 0 Å². The summed E-state index contributed by atoms with van der Waals surface area (Å²) < 4.78 is 0. The lowest BCUT2D eigenvalue weighted by Crippen LogP contribution is -2.00. The zero-order valence-corrected chi connectivity index (χ0v) is 15.1. The fourth-order valence-corrected chi connectivity index (χ4v) is 2.98. The van der Waals surface area contributed by atoms with Crippen molar-refractivity contribution in [2.45, 2.75) is 46.5 Å². The van der Waals surface area contributed by atoms with E-state index in [0.717, 1.165) is 16.7 Å². The Morgan fingerprint density at radius 2 is 1.58 bits per heavy atom. The van der Waals surface area contributed by atoms with Gasteiger partial charge >= 0.3 is 5.97 Å². The molecule has 2 nitrogen and oxygen atoms in total. The summed E-state index contributed by atoms with van der Waals surface area (Å²) >= 11 is 0. The zero-order valence-electron chi connectivity index (χ0n) is 15.1. The summed E-state index contributed by atoms with van der Waals surface area (Å²) in [5.74, 6) is 0.0580. The van der Waals surface area contributed by atoms with Crippen molar-refractivity contribution in [2.24, 2.45) is 0 Å². The Labute approximate surface area is 144 Å². The van der Waals surface area contributed by atoms with Crippen LogP contribution in [0.25, 0.3) is 11.6 Å². The van der Waals surface area contributed by atoms with E-state index in [-0.39, 0.29) is 0 Å². The van der Waals surface area contributed by atoms with Crippen LogP contribution in [0, 0.1) is 0 Å². The molecule has 0 aliphatic heterocycles. The lowest BCUT2D eigenvalue weighted by molar-refractivity contribution is 0.0696. The zero-order chi connectivity index (χ0) is 17.9. The van der Waals surface area contributed by atoms with Gasteiger partial charge in [0.2, 0.25) is 0 Å². The number of carboxylic acids is 1. The van der Waals surface area contributed by atoms with Crippen LogP contribution >= 0.6 is 0 Å². The quantitative estimate of drug-likeness (QED) is 0.666. The Bertz CT molecular complexity index is 767. The molecule has 0 aliphatic carbocycles. The van der Waals surface area contributed by atoms with Crippen molar-refractivity contribution in [3.8, 4) is 0 Å². The van der Waals surface area contributed by atoms with Crippen LogP contribution in [0.1, 0.15) is 79.1 Å². The maximum Gasteiger partial charge on any atom is 0.336 e. The highest BCUT2D eigenvalue weighted by atomic mass is 16.4. The molecule has 2 aromatic rings. The SMILES string of the molecule is CC(=Cc1ccccc1C(=O)O)c1ccc(C(C)C)c(C(C)C)c1. The normalized spacial score (nSPS) is 12.0. The van der Waals surface area contributed by atoms with Gasteiger partial charge in [-0.15, -0.1) is 0 Å². The summed E-state index contributed by atoms with van der Waals surface area (Å²) in [4.78, 5) is 11.4. The topological polar surface area (TPSA) is 37.3 Å². The number of carbonyl (C=O) groups is 1. The van der Waals surface area contributed by atoms with Gasteiger partial charge in [-0.2, -0.15) is 0 Å². The number of hydrogen-bond donors (Lipinski definition) is 1. The first-order valence-electron chi connectivity index (χ1n) is 8.46. The van der Waals surface area contributed by atoms with E-state index in [1.807, 2.05) is 25.1 Å². The smallest absolute Gasteiger partial charge is 0.336 e. The van der Waals surface area contributed by atoms with Crippen molar-refractivity contribution in [1.82, 2.24) is 0 Å². The highest BCUT2D eigenvalue weighted by Crippen LogP contribution is 2.30. The fraction of sp³-hybridized carbons (Fsp3) is 0.318. The van der Waals surface area contributed by atoms with Crippen LogP contribution in [0.2, 0.25) is 0 Å². The summed E-state index contributed by atoms with van der Waals surface area (Å²) in [7, 11) is 0. The van der Waals surface area contributed by atoms with Gasteiger partial charge in [-0.05, 0) is 52.7 Å². The monoisotopic (exact) mass is 322 g/mol. The van der Waals surface area contributed by atoms with Gasteiger partial charge in [-0.1, -0.05) is 70.2 Å². The molecule has 2 rings (SSSR count). The largest absolute Gasteiger partial charge is 0.478 e. The van der Waals surface area contributed by atoms with Gasteiger partial charge in [-0.3, -0.25) is 0 Å². The molecule has 126 valence electrons. The first-order chi connectivity index (χ1) is 11.3. The minimum absolute atomic E-state index is 0.333. The molecule has 24 heavy (non-hydrogen) atoms. The molecule has 0 aliphatic rings. The van der Waals surface area contributed by atoms with Gasteiger partial charge in [0.25, 0.3) is 0 Å². The van der Waals surface area contributed by atoms with Crippen molar-refractivity contribution < 1.29 is 9.90 Å². The molecule has 0 radical (unpaired) electrons. The van der Waals surface area contributed by atoms with Crippen LogP contribution < -0.4 is 0 Å². The molecule has 0 saturated heterocycles. The Balaban J connectivity index is 2.49. The average molecular weight is 322 g/mol. The number of rotatable bonds is 5. The van der Waals surface area contributed by atoms with Gasteiger partial charge in [0.05, 0.1) is 5.56 Å². The van der Waals surface area contributed by atoms with E-state index in [0.29, 0.717) is 17.4 Å². The molecule has 0 heterocycles. The van der Waals surface area contributed by atoms with Crippen molar-refractivity contribution in [1.29, 1.82) is 0 Å². The van der Waals surface area contributed by atoms with Crippen LogP contribution in [0.5, 0.6) is 0 Å². The number of benzene rings is 2. The van der Waals surface area contributed by atoms with E-state index in [2.05, 4.69) is 45.9 Å². The molecule has 0 atom stereocenters. The van der Waals surface area contributed by atoms with E-state index in [9.17, 15) is 9.90 Å². The van der Waals surface area contributed by atoms with E-state index in [1.54, 1.807) is 12.1 Å². The molecule has 0 spiro atoms. The summed E-state index contributed by atoms with van der Waals surface area (Å²) in [6.07, 6.45) is 1.96. The standard InChI is InChI=1S/C22H26O2/c1-14(2)19-11-10-17(13-21(19)15(3)4)16(5)12-18-8-6-7-9-20(18)22(23)24/h6-15H,1-5H3,(H,23,24). The molecule has 0 saturated carbocycles. The molecular weight excluding hydrogens is 296 g/mol. The second kappa shape index (κ2) is 7.48. The Hall–Kier alpha value is -2.35. The molecule has 0 fully saturated rings. The molecule has 0 bridgehead atoms. The molecular formula is C22H26O2. The van der Waals surface area contributed by atoms with Gasteiger partial charge < -0.3 is 5.11 Å². The van der Waals surface area contributed by atoms with Crippen molar-refractivity contribution in [2.75, 3.05) is 0 Å². The Morgan fingerprint density at radius 3 is 2.17 bits per heavy atom. The highest BCUT2D eigenvalue weighted by molar-refractivity contribution is 5.95. The predicted octanol–water partition coefficient (Wildman–Crippen LogP) is 6.19. The van der Waals surface area contributed by atoms with Crippen LogP contribution in [-0.4, -0.2) is 11.1 Å². The van der Waals surface area contributed by atoms with Crippen molar-refractivity contribution >= 4 is 17.6 Å². The molecule has 2 aromatic carbocycles. The van der Waals surface area contributed by atoms with E-state index in [4.69, 9.17) is 0 Å². The third-order valence-corrected chi connectivity index (χ3v) is 4.35. The Kier molecular flexibility index (Phi) is 5.61. The third-order valence-electron chi connectivity index (χ3n) is 4.35. The average Bonchev–Trinajstić information content (AvgIpc) is 2.54. The minimum atomic E-state index is -0.896.